The number of benzene rings is 1. The molecular weight excluding hydrogens is 304 g/mol. The number of carbonyl (C=O) groups excluding carboxylic acids is 2. The highest BCUT2D eigenvalue weighted by Crippen LogP contribution is 2.16. The van der Waals surface area contributed by atoms with E-state index < -0.39 is 5.97 Å². The molecule has 1 aromatic carbocycles. The van der Waals surface area contributed by atoms with E-state index in [0.717, 1.165) is 24.4 Å². The van der Waals surface area contributed by atoms with E-state index >= 15 is 0 Å². The van der Waals surface area contributed by atoms with Crippen molar-refractivity contribution in [1.82, 2.24) is 4.57 Å². The van der Waals surface area contributed by atoms with Gasteiger partial charge in [-0.3, -0.25) is 4.79 Å². The van der Waals surface area contributed by atoms with E-state index in [1.54, 1.807) is 6.07 Å². The smallest absolute Gasteiger partial charge is 0.340 e. The Kier molecular flexibility index (Phi) is 5.79. The van der Waals surface area contributed by atoms with Crippen molar-refractivity contribution in [3.05, 3.63) is 52.8 Å². The lowest BCUT2D eigenvalue weighted by atomic mass is 10.1. The van der Waals surface area contributed by atoms with Crippen LogP contribution in [0.3, 0.4) is 0 Å². The first kappa shape index (κ1) is 17.8. The molecule has 1 N–H and O–H groups in total. The van der Waals surface area contributed by atoms with Crippen LogP contribution >= 0.6 is 0 Å². The standard InChI is InChI=1S/C19H24N2O3/c1-5-15-7-9-16(10-8-15)20-18(22)12-24-19(23)17-11-13(3)21(6-2)14(17)4/h7-11H,5-6,12H2,1-4H3,(H,20,22). The number of hydrogen-bond donors (Lipinski definition) is 1. The maximum absolute atomic E-state index is 12.2. The number of ether oxygens (including phenoxy) is 1. The highest BCUT2D eigenvalue weighted by molar-refractivity contribution is 5.96. The SMILES string of the molecule is CCc1ccc(NC(=O)COC(=O)c2cc(C)n(CC)c2C)cc1. The third-order valence-corrected chi connectivity index (χ3v) is 4.09. The Morgan fingerprint density at radius 2 is 1.79 bits per heavy atom. The minimum absolute atomic E-state index is 0.301. The van der Waals surface area contributed by atoms with Gasteiger partial charge in [0.15, 0.2) is 6.61 Å². The molecule has 0 aliphatic carbocycles. The summed E-state index contributed by atoms with van der Waals surface area (Å²) >= 11 is 0. The third-order valence-electron chi connectivity index (χ3n) is 4.09. The Balaban J connectivity index is 1.92. The molecule has 0 bridgehead atoms. The number of carbonyl (C=O) groups is 2. The molecule has 0 saturated heterocycles. The number of aromatic nitrogens is 1. The van der Waals surface area contributed by atoms with E-state index in [1.807, 2.05) is 49.6 Å². The summed E-state index contributed by atoms with van der Waals surface area (Å²) in [5.41, 5.74) is 4.26. The summed E-state index contributed by atoms with van der Waals surface area (Å²) < 4.78 is 7.17. The Bertz CT molecular complexity index is 730. The second kappa shape index (κ2) is 7.81. The fourth-order valence-corrected chi connectivity index (χ4v) is 2.72. The fraction of sp³-hybridized carbons (Fsp3) is 0.368. The second-order valence-corrected chi connectivity index (χ2v) is 5.70. The molecule has 0 unspecified atom stereocenters. The lowest BCUT2D eigenvalue weighted by molar-refractivity contribution is -0.119. The van der Waals surface area contributed by atoms with Crippen LogP contribution in [0.5, 0.6) is 0 Å². The molecule has 24 heavy (non-hydrogen) atoms. The minimum Gasteiger partial charge on any atom is -0.452 e. The van der Waals surface area contributed by atoms with Gasteiger partial charge in [-0.1, -0.05) is 19.1 Å². The molecule has 0 aliphatic rings. The number of amides is 1. The van der Waals surface area contributed by atoms with Crippen LogP contribution in [-0.2, 0) is 22.5 Å². The third kappa shape index (κ3) is 4.04. The van der Waals surface area contributed by atoms with Crippen molar-refractivity contribution in [3.8, 4) is 0 Å². The van der Waals surface area contributed by atoms with Crippen molar-refractivity contribution in [2.45, 2.75) is 40.7 Å². The molecule has 5 nitrogen and oxygen atoms in total. The van der Waals surface area contributed by atoms with Crippen LogP contribution in [0.4, 0.5) is 5.69 Å². The summed E-state index contributed by atoms with van der Waals surface area (Å²) in [4.78, 5) is 24.1. The molecular formula is C19H24N2O3. The van der Waals surface area contributed by atoms with Crippen molar-refractivity contribution in [3.63, 3.8) is 0 Å². The van der Waals surface area contributed by atoms with Gasteiger partial charge in [-0.15, -0.1) is 0 Å². The molecule has 0 saturated carbocycles. The van der Waals surface area contributed by atoms with Crippen LogP contribution in [0.2, 0.25) is 0 Å². The molecule has 2 aromatic rings. The molecule has 0 radical (unpaired) electrons. The molecule has 0 spiro atoms. The first-order valence-corrected chi connectivity index (χ1v) is 8.18. The molecule has 0 fully saturated rings. The van der Waals surface area contributed by atoms with Gasteiger partial charge in [0, 0.05) is 23.6 Å². The van der Waals surface area contributed by atoms with Gasteiger partial charge in [-0.25, -0.2) is 4.79 Å². The van der Waals surface area contributed by atoms with Crippen LogP contribution in [0, 0.1) is 13.8 Å². The van der Waals surface area contributed by atoms with Crippen molar-refractivity contribution in [1.29, 1.82) is 0 Å². The van der Waals surface area contributed by atoms with E-state index in [4.69, 9.17) is 4.74 Å². The quantitative estimate of drug-likeness (QED) is 0.826. The number of hydrogen-bond acceptors (Lipinski definition) is 3. The average molecular weight is 328 g/mol. The summed E-state index contributed by atoms with van der Waals surface area (Å²) in [5.74, 6) is -0.823. The van der Waals surface area contributed by atoms with Gasteiger partial charge in [-0.2, -0.15) is 0 Å². The summed E-state index contributed by atoms with van der Waals surface area (Å²) in [6.07, 6.45) is 0.946. The number of aryl methyl sites for hydroxylation is 2. The maximum atomic E-state index is 12.2. The van der Waals surface area contributed by atoms with E-state index in [1.165, 1.54) is 5.56 Å². The number of rotatable bonds is 6. The fourth-order valence-electron chi connectivity index (χ4n) is 2.72. The topological polar surface area (TPSA) is 60.3 Å². The first-order chi connectivity index (χ1) is 11.5. The summed E-state index contributed by atoms with van der Waals surface area (Å²) in [6.45, 7) is 8.40. The van der Waals surface area contributed by atoms with E-state index in [2.05, 4.69) is 12.2 Å². The van der Waals surface area contributed by atoms with Crippen LogP contribution < -0.4 is 5.32 Å². The van der Waals surface area contributed by atoms with Crippen LogP contribution in [0.1, 0.15) is 41.2 Å². The molecule has 5 heteroatoms. The molecule has 0 atom stereocenters. The van der Waals surface area contributed by atoms with Gasteiger partial charge in [0.1, 0.15) is 0 Å². The Morgan fingerprint density at radius 3 is 2.33 bits per heavy atom. The molecule has 1 heterocycles. The molecule has 2 rings (SSSR count). The van der Waals surface area contributed by atoms with E-state index in [-0.39, 0.29) is 12.5 Å². The molecule has 128 valence electrons. The van der Waals surface area contributed by atoms with Crippen molar-refractivity contribution in [2.75, 3.05) is 11.9 Å². The summed E-state index contributed by atoms with van der Waals surface area (Å²) in [6, 6.07) is 9.39. The van der Waals surface area contributed by atoms with E-state index in [0.29, 0.717) is 11.3 Å². The maximum Gasteiger partial charge on any atom is 0.340 e. The number of esters is 1. The monoisotopic (exact) mass is 328 g/mol. The van der Waals surface area contributed by atoms with E-state index in [9.17, 15) is 9.59 Å². The lowest BCUT2D eigenvalue weighted by Crippen LogP contribution is -2.21. The van der Waals surface area contributed by atoms with Crippen LogP contribution in [-0.4, -0.2) is 23.1 Å². The lowest BCUT2D eigenvalue weighted by Gasteiger charge is -2.08. The van der Waals surface area contributed by atoms with Crippen LogP contribution in [0.25, 0.3) is 0 Å². The average Bonchev–Trinajstić information content (AvgIpc) is 2.87. The minimum atomic E-state index is -0.473. The van der Waals surface area contributed by atoms with Crippen molar-refractivity contribution in [2.24, 2.45) is 0 Å². The van der Waals surface area contributed by atoms with Gasteiger partial charge in [0.25, 0.3) is 5.91 Å². The first-order valence-electron chi connectivity index (χ1n) is 8.18. The Morgan fingerprint density at radius 1 is 1.12 bits per heavy atom. The molecule has 1 aromatic heterocycles. The molecule has 1 amide bonds. The highest BCUT2D eigenvalue weighted by atomic mass is 16.5. The van der Waals surface area contributed by atoms with Crippen molar-refractivity contribution >= 4 is 17.6 Å². The largest absolute Gasteiger partial charge is 0.452 e. The van der Waals surface area contributed by atoms with Gasteiger partial charge in [0.2, 0.25) is 0 Å². The molecule has 0 aliphatic heterocycles. The second-order valence-electron chi connectivity index (χ2n) is 5.70. The zero-order chi connectivity index (χ0) is 17.7. The summed E-state index contributed by atoms with van der Waals surface area (Å²) in [7, 11) is 0. The van der Waals surface area contributed by atoms with Gasteiger partial charge in [-0.05, 0) is 51.0 Å². The zero-order valence-corrected chi connectivity index (χ0v) is 14.7. The predicted molar refractivity (Wildman–Crippen MR) is 94.3 cm³/mol. The number of nitrogens with zero attached hydrogens (tertiary/aromatic N) is 1. The Labute approximate surface area is 142 Å². The zero-order valence-electron chi connectivity index (χ0n) is 14.7. The number of anilines is 1. The highest BCUT2D eigenvalue weighted by Gasteiger charge is 2.17. The summed E-state index contributed by atoms with van der Waals surface area (Å²) in [5, 5.41) is 2.72. The predicted octanol–water partition coefficient (Wildman–Crippen LogP) is 3.48. The van der Waals surface area contributed by atoms with Crippen LogP contribution in [0.15, 0.2) is 30.3 Å². The van der Waals surface area contributed by atoms with Gasteiger partial charge < -0.3 is 14.6 Å². The van der Waals surface area contributed by atoms with Gasteiger partial charge >= 0.3 is 5.97 Å². The van der Waals surface area contributed by atoms with Gasteiger partial charge in [0.05, 0.1) is 5.56 Å². The van der Waals surface area contributed by atoms with Crippen molar-refractivity contribution < 1.29 is 14.3 Å². The number of nitrogens with one attached hydrogen (secondary N) is 1. The normalized spacial score (nSPS) is 10.5. The Hall–Kier alpha value is -2.56.